The summed E-state index contributed by atoms with van der Waals surface area (Å²) in [5.74, 6) is -0.284. The van der Waals surface area contributed by atoms with E-state index in [4.69, 9.17) is 4.74 Å². The highest BCUT2D eigenvalue weighted by molar-refractivity contribution is 7.11. The van der Waals surface area contributed by atoms with Crippen molar-refractivity contribution in [3.8, 4) is 0 Å². The van der Waals surface area contributed by atoms with Crippen LogP contribution in [0.4, 0.5) is 5.69 Å². The molecule has 0 bridgehead atoms. The van der Waals surface area contributed by atoms with Crippen LogP contribution in [0, 0.1) is 13.8 Å². The highest BCUT2D eigenvalue weighted by Gasteiger charge is 2.07. The van der Waals surface area contributed by atoms with Gasteiger partial charge in [-0.15, -0.1) is 11.3 Å². The average Bonchev–Trinajstić information content (AvgIpc) is 2.75. The second-order valence-corrected chi connectivity index (χ2v) is 5.68. The molecule has 2 aromatic rings. The minimum Gasteiger partial charge on any atom is -0.462 e. The molecule has 0 saturated carbocycles. The number of carbonyl (C=O) groups is 1. The first-order chi connectivity index (χ1) is 9.60. The summed E-state index contributed by atoms with van der Waals surface area (Å²) in [5.41, 5.74) is 2.62. The lowest BCUT2D eigenvalue weighted by Gasteiger charge is -2.06. The van der Waals surface area contributed by atoms with Crippen molar-refractivity contribution in [2.24, 2.45) is 0 Å². The molecular formula is C15H18N2O2S. The minimum absolute atomic E-state index is 0.284. The van der Waals surface area contributed by atoms with Gasteiger partial charge in [-0.3, -0.25) is 0 Å². The van der Waals surface area contributed by atoms with Gasteiger partial charge >= 0.3 is 5.97 Å². The number of benzene rings is 1. The van der Waals surface area contributed by atoms with Crippen molar-refractivity contribution in [2.45, 2.75) is 27.3 Å². The molecule has 1 aromatic heterocycles. The first-order valence-corrected chi connectivity index (χ1v) is 7.35. The van der Waals surface area contributed by atoms with Gasteiger partial charge in [-0.25, -0.2) is 9.78 Å². The van der Waals surface area contributed by atoms with Gasteiger partial charge in [0.15, 0.2) is 0 Å². The highest BCUT2D eigenvalue weighted by atomic mass is 32.1. The van der Waals surface area contributed by atoms with Crippen molar-refractivity contribution in [1.29, 1.82) is 0 Å². The summed E-state index contributed by atoms with van der Waals surface area (Å²) in [6, 6.07) is 7.31. The Kier molecular flexibility index (Phi) is 4.74. The summed E-state index contributed by atoms with van der Waals surface area (Å²) in [6.07, 6.45) is 0. The normalized spacial score (nSPS) is 10.3. The van der Waals surface area contributed by atoms with Gasteiger partial charge in [0.25, 0.3) is 0 Å². The third kappa shape index (κ3) is 3.57. The van der Waals surface area contributed by atoms with Gasteiger partial charge in [0.05, 0.1) is 29.4 Å². The van der Waals surface area contributed by atoms with Gasteiger partial charge in [-0.1, -0.05) is 0 Å². The summed E-state index contributed by atoms with van der Waals surface area (Å²) in [4.78, 5) is 17.2. The van der Waals surface area contributed by atoms with Crippen LogP contribution >= 0.6 is 11.3 Å². The van der Waals surface area contributed by atoms with E-state index in [9.17, 15) is 4.79 Å². The lowest BCUT2D eigenvalue weighted by Crippen LogP contribution is -2.05. The number of nitrogens with one attached hydrogen (secondary N) is 1. The van der Waals surface area contributed by atoms with Crippen LogP contribution in [0.2, 0.25) is 0 Å². The Morgan fingerprint density at radius 2 is 2.00 bits per heavy atom. The van der Waals surface area contributed by atoms with Crippen LogP contribution in [-0.2, 0) is 11.3 Å². The van der Waals surface area contributed by atoms with Crippen LogP contribution < -0.4 is 5.32 Å². The van der Waals surface area contributed by atoms with E-state index in [-0.39, 0.29) is 5.97 Å². The molecule has 0 aliphatic rings. The Morgan fingerprint density at radius 1 is 1.30 bits per heavy atom. The zero-order valence-corrected chi connectivity index (χ0v) is 12.7. The van der Waals surface area contributed by atoms with Crippen molar-refractivity contribution in [2.75, 3.05) is 11.9 Å². The summed E-state index contributed by atoms with van der Waals surface area (Å²) >= 11 is 1.70. The van der Waals surface area contributed by atoms with Gasteiger partial charge in [-0.05, 0) is 45.0 Å². The van der Waals surface area contributed by atoms with Crippen LogP contribution in [0.3, 0.4) is 0 Å². The predicted molar refractivity (Wildman–Crippen MR) is 81.3 cm³/mol. The topological polar surface area (TPSA) is 51.2 Å². The molecule has 5 heteroatoms. The van der Waals surface area contributed by atoms with Crippen LogP contribution in [0.5, 0.6) is 0 Å². The molecule has 0 aliphatic heterocycles. The molecule has 0 saturated heterocycles. The first kappa shape index (κ1) is 14.5. The Labute approximate surface area is 122 Å². The molecule has 0 radical (unpaired) electrons. The maximum atomic E-state index is 11.5. The van der Waals surface area contributed by atoms with Crippen molar-refractivity contribution in [3.63, 3.8) is 0 Å². The lowest BCUT2D eigenvalue weighted by molar-refractivity contribution is 0.0526. The number of carbonyl (C=O) groups excluding carboxylic acids is 1. The lowest BCUT2D eigenvalue weighted by atomic mass is 10.2. The number of hydrogen-bond acceptors (Lipinski definition) is 5. The second-order valence-electron chi connectivity index (χ2n) is 4.39. The molecule has 0 spiro atoms. The molecule has 20 heavy (non-hydrogen) atoms. The van der Waals surface area contributed by atoms with Crippen molar-refractivity contribution < 1.29 is 9.53 Å². The number of aryl methyl sites for hydroxylation is 2. The maximum absolute atomic E-state index is 11.5. The van der Waals surface area contributed by atoms with Crippen molar-refractivity contribution in [1.82, 2.24) is 4.98 Å². The Balaban J connectivity index is 1.97. The van der Waals surface area contributed by atoms with E-state index in [0.29, 0.717) is 12.2 Å². The molecule has 2 rings (SSSR count). The average molecular weight is 290 g/mol. The van der Waals surface area contributed by atoms with E-state index in [1.165, 1.54) is 4.88 Å². The zero-order chi connectivity index (χ0) is 14.5. The number of ether oxygens (including phenoxy) is 1. The zero-order valence-electron chi connectivity index (χ0n) is 11.9. The minimum atomic E-state index is -0.284. The molecule has 0 atom stereocenters. The fourth-order valence-corrected chi connectivity index (χ4v) is 2.74. The molecule has 0 fully saturated rings. The SMILES string of the molecule is CCOC(=O)c1ccc(NCc2sc(C)nc2C)cc1. The van der Waals surface area contributed by atoms with E-state index in [1.54, 1.807) is 30.4 Å². The third-order valence-corrected chi connectivity index (χ3v) is 3.92. The quantitative estimate of drug-likeness (QED) is 0.856. The molecule has 0 amide bonds. The second kappa shape index (κ2) is 6.52. The molecule has 4 nitrogen and oxygen atoms in total. The maximum Gasteiger partial charge on any atom is 0.338 e. The summed E-state index contributed by atoms with van der Waals surface area (Å²) < 4.78 is 4.95. The number of nitrogens with zero attached hydrogens (tertiary/aromatic N) is 1. The monoisotopic (exact) mass is 290 g/mol. The molecule has 1 heterocycles. The number of esters is 1. The first-order valence-electron chi connectivity index (χ1n) is 6.54. The van der Waals surface area contributed by atoms with Crippen LogP contribution in [0.15, 0.2) is 24.3 Å². The van der Waals surface area contributed by atoms with Crippen molar-refractivity contribution >= 4 is 23.0 Å². The molecule has 0 unspecified atom stereocenters. The van der Waals surface area contributed by atoms with E-state index < -0.39 is 0 Å². The summed E-state index contributed by atoms with van der Waals surface area (Å²) in [5, 5.41) is 4.41. The predicted octanol–water partition coefficient (Wildman–Crippen LogP) is 3.55. The summed E-state index contributed by atoms with van der Waals surface area (Å²) in [7, 11) is 0. The molecule has 0 aliphatic carbocycles. The number of aromatic nitrogens is 1. The summed E-state index contributed by atoms with van der Waals surface area (Å²) in [6.45, 7) is 6.96. The number of rotatable bonds is 5. The number of hydrogen-bond donors (Lipinski definition) is 1. The molecule has 1 N–H and O–H groups in total. The smallest absolute Gasteiger partial charge is 0.338 e. The molecule has 106 valence electrons. The van der Waals surface area contributed by atoms with E-state index in [2.05, 4.69) is 10.3 Å². The van der Waals surface area contributed by atoms with Crippen molar-refractivity contribution in [3.05, 3.63) is 45.4 Å². The Hall–Kier alpha value is -1.88. The largest absolute Gasteiger partial charge is 0.462 e. The Morgan fingerprint density at radius 3 is 2.55 bits per heavy atom. The molecular weight excluding hydrogens is 272 g/mol. The molecule has 1 aromatic carbocycles. The van der Waals surface area contributed by atoms with Gasteiger partial charge in [0.2, 0.25) is 0 Å². The third-order valence-electron chi connectivity index (χ3n) is 2.85. The van der Waals surface area contributed by atoms with Crippen LogP contribution in [0.25, 0.3) is 0 Å². The van der Waals surface area contributed by atoms with Gasteiger partial charge in [0.1, 0.15) is 0 Å². The van der Waals surface area contributed by atoms with Crippen LogP contribution in [-0.4, -0.2) is 17.6 Å². The van der Waals surface area contributed by atoms with Gasteiger partial charge < -0.3 is 10.1 Å². The fourth-order valence-electron chi connectivity index (χ4n) is 1.86. The van der Waals surface area contributed by atoms with Gasteiger partial charge in [0, 0.05) is 10.6 Å². The standard InChI is InChI=1S/C15H18N2O2S/c1-4-19-15(18)12-5-7-13(8-6-12)16-9-14-10(2)17-11(3)20-14/h5-8,16H,4,9H2,1-3H3. The van der Waals surface area contributed by atoms with Gasteiger partial charge in [-0.2, -0.15) is 0 Å². The fraction of sp³-hybridized carbons (Fsp3) is 0.333. The Bertz CT molecular complexity index is 590. The number of anilines is 1. The van der Waals surface area contributed by atoms with E-state index >= 15 is 0 Å². The number of thiazole rings is 1. The van der Waals surface area contributed by atoms with E-state index in [1.807, 2.05) is 26.0 Å². The van der Waals surface area contributed by atoms with Crippen LogP contribution in [0.1, 0.15) is 32.9 Å². The highest BCUT2D eigenvalue weighted by Crippen LogP contribution is 2.19. The van der Waals surface area contributed by atoms with E-state index in [0.717, 1.165) is 22.9 Å².